The van der Waals surface area contributed by atoms with E-state index in [1.807, 2.05) is 31.6 Å². The maximum atomic E-state index is 6.14. The van der Waals surface area contributed by atoms with Crippen molar-refractivity contribution in [1.82, 2.24) is 24.7 Å². The van der Waals surface area contributed by atoms with Gasteiger partial charge < -0.3 is 5.32 Å². The first-order valence-corrected chi connectivity index (χ1v) is 8.68. The molecule has 0 radical (unpaired) electrons. The lowest BCUT2D eigenvalue weighted by Crippen LogP contribution is -2.00. The van der Waals surface area contributed by atoms with Gasteiger partial charge in [0, 0.05) is 42.3 Å². The Kier molecular flexibility index (Phi) is 4.26. The Labute approximate surface area is 155 Å². The van der Waals surface area contributed by atoms with E-state index in [1.54, 1.807) is 17.1 Å². The molecule has 0 aliphatic carbocycles. The lowest BCUT2D eigenvalue weighted by atomic mass is 10.0. The standard InChI is InChI=1S/C19H17ClN6/c1-3-12-8-13(15-10-23-26(2)11-15)4-5-16(12)24-19-22-9-14-6-7-21-18(20)17(14)25-19/h4-11H,3H2,1-2H3,(H,22,24,25). The van der Waals surface area contributed by atoms with Gasteiger partial charge in [0.2, 0.25) is 5.95 Å². The summed E-state index contributed by atoms with van der Waals surface area (Å²) < 4.78 is 1.80. The molecule has 0 aliphatic rings. The summed E-state index contributed by atoms with van der Waals surface area (Å²) in [7, 11) is 1.91. The number of anilines is 2. The summed E-state index contributed by atoms with van der Waals surface area (Å²) in [4.78, 5) is 13.0. The van der Waals surface area contributed by atoms with E-state index in [4.69, 9.17) is 11.6 Å². The molecule has 0 amide bonds. The van der Waals surface area contributed by atoms with Crippen LogP contribution >= 0.6 is 11.6 Å². The summed E-state index contributed by atoms with van der Waals surface area (Å²) >= 11 is 6.14. The number of halogens is 1. The van der Waals surface area contributed by atoms with Gasteiger partial charge in [-0.15, -0.1) is 0 Å². The van der Waals surface area contributed by atoms with Crippen molar-refractivity contribution < 1.29 is 0 Å². The number of hydrogen-bond acceptors (Lipinski definition) is 5. The highest BCUT2D eigenvalue weighted by molar-refractivity contribution is 6.33. The fraction of sp³-hybridized carbons (Fsp3) is 0.158. The maximum Gasteiger partial charge on any atom is 0.227 e. The molecule has 0 unspecified atom stereocenters. The molecule has 0 atom stereocenters. The molecular formula is C19H17ClN6. The van der Waals surface area contributed by atoms with E-state index < -0.39 is 0 Å². The minimum Gasteiger partial charge on any atom is -0.324 e. The predicted octanol–water partition coefficient (Wildman–Crippen LogP) is 4.38. The Balaban J connectivity index is 1.68. The van der Waals surface area contributed by atoms with Gasteiger partial charge in [-0.25, -0.2) is 15.0 Å². The fourth-order valence-corrected chi connectivity index (χ4v) is 3.07. The Morgan fingerprint density at radius 2 is 2.00 bits per heavy atom. The molecule has 7 heteroatoms. The van der Waals surface area contributed by atoms with E-state index in [-0.39, 0.29) is 0 Å². The van der Waals surface area contributed by atoms with Gasteiger partial charge in [0.1, 0.15) is 5.52 Å². The van der Waals surface area contributed by atoms with Gasteiger partial charge in [-0.2, -0.15) is 5.10 Å². The normalized spacial score (nSPS) is 11.0. The summed E-state index contributed by atoms with van der Waals surface area (Å²) in [5.41, 5.74) is 5.00. The van der Waals surface area contributed by atoms with E-state index in [2.05, 4.69) is 44.4 Å². The van der Waals surface area contributed by atoms with Crippen molar-refractivity contribution in [3.8, 4) is 11.1 Å². The second kappa shape index (κ2) is 6.72. The summed E-state index contributed by atoms with van der Waals surface area (Å²) in [6.45, 7) is 2.12. The molecule has 0 aliphatic heterocycles. The third-order valence-electron chi connectivity index (χ3n) is 4.23. The van der Waals surface area contributed by atoms with Crippen LogP contribution < -0.4 is 5.32 Å². The van der Waals surface area contributed by atoms with Gasteiger partial charge in [-0.1, -0.05) is 24.6 Å². The van der Waals surface area contributed by atoms with Crippen LogP contribution in [0.5, 0.6) is 0 Å². The zero-order chi connectivity index (χ0) is 18.1. The zero-order valence-corrected chi connectivity index (χ0v) is 15.2. The van der Waals surface area contributed by atoms with Crippen molar-refractivity contribution in [2.24, 2.45) is 7.05 Å². The summed E-state index contributed by atoms with van der Waals surface area (Å²) in [6, 6.07) is 8.10. The fourth-order valence-electron chi connectivity index (χ4n) is 2.86. The molecule has 6 nitrogen and oxygen atoms in total. The molecule has 4 rings (SSSR count). The average molecular weight is 365 g/mol. The summed E-state index contributed by atoms with van der Waals surface area (Å²) in [5.74, 6) is 0.497. The maximum absolute atomic E-state index is 6.14. The second-order valence-corrected chi connectivity index (χ2v) is 6.34. The van der Waals surface area contributed by atoms with Crippen LogP contribution in [0.4, 0.5) is 11.6 Å². The molecule has 0 saturated carbocycles. The van der Waals surface area contributed by atoms with Crippen LogP contribution in [0.2, 0.25) is 5.15 Å². The number of nitrogens with zero attached hydrogens (tertiary/aromatic N) is 5. The number of aromatic nitrogens is 5. The lowest BCUT2D eigenvalue weighted by molar-refractivity contribution is 0.768. The van der Waals surface area contributed by atoms with Gasteiger partial charge >= 0.3 is 0 Å². The Hall–Kier alpha value is -2.99. The second-order valence-electron chi connectivity index (χ2n) is 5.99. The van der Waals surface area contributed by atoms with Crippen molar-refractivity contribution >= 4 is 34.1 Å². The van der Waals surface area contributed by atoms with E-state index in [0.717, 1.165) is 28.6 Å². The van der Waals surface area contributed by atoms with Crippen LogP contribution in [-0.2, 0) is 13.5 Å². The molecule has 1 aromatic carbocycles. The van der Waals surface area contributed by atoms with Crippen LogP contribution in [0.25, 0.3) is 22.0 Å². The summed E-state index contributed by atoms with van der Waals surface area (Å²) in [6.07, 6.45) is 8.14. The van der Waals surface area contributed by atoms with E-state index in [9.17, 15) is 0 Å². The number of rotatable bonds is 4. The Morgan fingerprint density at radius 1 is 1.12 bits per heavy atom. The van der Waals surface area contributed by atoms with Crippen LogP contribution in [0.3, 0.4) is 0 Å². The molecule has 26 heavy (non-hydrogen) atoms. The number of hydrogen-bond donors (Lipinski definition) is 1. The van der Waals surface area contributed by atoms with Crippen LogP contribution in [-0.4, -0.2) is 24.7 Å². The third-order valence-corrected chi connectivity index (χ3v) is 4.50. The first-order chi connectivity index (χ1) is 12.6. The Morgan fingerprint density at radius 3 is 2.77 bits per heavy atom. The Bertz CT molecular complexity index is 1090. The lowest BCUT2D eigenvalue weighted by Gasteiger charge is -2.12. The minimum atomic E-state index is 0.371. The molecule has 3 aromatic heterocycles. The van der Waals surface area contributed by atoms with Crippen LogP contribution in [0.15, 0.2) is 49.1 Å². The smallest absolute Gasteiger partial charge is 0.227 e. The number of nitrogens with one attached hydrogen (secondary N) is 1. The number of fused-ring (bicyclic) bond motifs is 1. The van der Waals surface area contributed by atoms with E-state index >= 15 is 0 Å². The molecule has 4 aromatic rings. The topological polar surface area (TPSA) is 68.5 Å². The van der Waals surface area contributed by atoms with E-state index in [1.165, 1.54) is 5.56 Å². The highest BCUT2D eigenvalue weighted by Crippen LogP contribution is 2.27. The average Bonchev–Trinajstić information content (AvgIpc) is 3.09. The molecule has 0 spiro atoms. The molecule has 0 saturated heterocycles. The van der Waals surface area contributed by atoms with Crippen molar-refractivity contribution in [2.45, 2.75) is 13.3 Å². The molecule has 0 fully saturated rings. The van der Waals surface area contributed by atoms with Crippen LogP contribution in [0.1, 0.15) is 12.5 Å². The quantitative estimate of drug-likeness (QED) is 0.544. The largest absolute Gasteiger partial charge is 0.324 e. The van der Waals surface area contributed by atoms with Gasteiger partial charge in [0.05, 0.1) is 6.20 Å². The zero-order valence-electron chi connectivity index (χ0n) is 14.4. The molecule has 3 heterocycles. The highest BCUT2D eigenvalue weighted by atomic mass is 35.5. The van der Waals surface area contributed by atoms with Gasteiger partial charge in [-0.05, 0) is 35.7 Å². The molecule has 0 bridgehead atoms. The third kappa shape index (κ3) is 3.11. The SMILES string of the molecule is CCc1cc(-c2cnn(C)c2)ccc1Nc1ncc2ccnc(Cl)c2n1. The van der Waals surface area contributed by atoms with Crippen molar-refractivity contribution in [2.75, 3.05) is 5.32 Å². The van der Waals surface area contributed by atoms with Gasteiger partial charge in [0.15, 0.2) is 5.15 Å². The van der Waals surface area contributed by atoms with Gasteiger partial charge in [-0.3, -0.25) is 4.68 Å². The molecular weight excluding hydrogens is 348 g/mol. The monoisotopic (exact) mass is 364 g/mol. The van der Waals surface area contributed by atoms with Crippen molar-refractivity contribution in [3.05, 3.63) is 59.8 Å². The minimum absolute atomic E-state index is 0.371. The molecule has 130 valence electrons. The van der Waals surface area contributed by atoms with Crippen molar-refractivity contribution in [1.29, 1.82) is 0 Å². The highest BCUT2D eigenvalue weighted by Gasteiger charge is 2.09. The predicted molar refractivity (Wildman–Crippen MR) is 104 cm³/mol. The van der Waals surface area contributed by atoms with E-state index in [0.29, 0.717) is 16.6 Å². The van der Waals surface area contributed by atoms with Gasteiger partial charge in [0.25, 0.3) is 0 Å². The molecule has 1 N–H and O–H groups in total. The van der Waals surface area contributed by atoms with Crippen molar-refractivity contribution in [3.63, 3.8) is 0 Å². The number of benzene rings is 1. The number of aryl methyl sites for hydroxylation is 2. The first-order valence-electron chi connectivity index (χ1n) is 8.30. The first kappa shape index (κ1) is 16.5. The number of pyridine rings is 1. The van der Waals surface area contributed by atoms with Crippen LogP contribution in [0, 0.1) is 0 Å². The summed E-state index contributed by atoms with van der Waals surface area (Å²) in [5, 5.41) is 8.77.